The Morgan fingerprint density at radius 2 is 1.88 bits per heavy atom. The molecule has 1 heterocycles. The second-order valence-corrected chi connectivity index (χ2v) is 6.39. The topological polar surface area (TPSA) is 72.9 Å². The van der Waals surface area contributed by atoms with Crippen LogP contribution < -0.4 is 0 Å². The first-order valence-electron chi connectivity index (χ1n) is 8.63. The van der Waals surface area contributed by atoms with Gasteiger partial charge in [-0.25, -0.2) is 4.79 Å². The molecule has 25 heavy (non-hydrogen) atoms. The zero-order valence-electron chi connectivity index (χ0n) is 14.8. The fraction of sp³-hybridized carbons (Fsp3) is 0.526. The number of nitrogens with zero attached hydrogens (tertiary/aromatic N) is 1. The minimum absolute atomic E-state index is 0.136. The van der Waals surface area contributed by atoms with Gasteiger partial charge in [-0.1, -0.05) is 36.8 Å². The van der Waals surface area contributed by atoms with E-state index in [1.807, 2.05) is 30.3 Å². The van der Waals surface area contributed by atoms with Crippen molar-refractivity contribution in [3.63, 3.8) is 0 Å². The molecule has 2 rings (SSSR count). The van der Waals surface area contributed by atoms with Crippen molar-refractivity contribution < 1.29 is 23.9 Å². The average Bonchev–Trinajstić information content (AvgIpc) is 2.61. The number of carbonyl (C=O) groups is 3. The number of benzene rings is 1. The van der Waals surface area contributed by atoms with Crippen LogP contribution in [0.25, 0.3) is 0 Å². The molecule has 1 aliphatic rings. The Hall–Kier alpha value is -2.37. The number of ketones is 1. The summed E-state index contributed by atoms with van der Waals surface area (Å²) in [5.41, 5.74) is -0.320. The summed E-state index contributed by atoms with van der Waals surface area (Å²) in [4.78, 5) is 38.5. The molecule has 0 spiro atoms. The molecule has 1 aromatic carbocycles. The van der Waals surface area contributed by atoms with Crippen molar-refractivity contribution in [3.05, 3.63) is 35.9 Å². The first kappa shape index (κ1) is 19.0. The summed E-state index contributed by atoms with van der Waals surface area (Å²) in [5.74, 6) is -0.818. The quantitative estimate of drug-likeness (QED) is 0.618. The number of esters is 1. The fourth-order valence-corrected chi connectivity index (χ4v) is 2.82. The summed E-state index contributed by atoms with van der Waals surface area (Å²) in [6.45, 7) is 4.00. The van der Waals surface area contributed by atoms with E-state index >= 15 is 0 Å². The largest absolute Gasteiger partial charge is 0.465 e. The van der Waals surface area contributed by atoms with Crippen LogP contribution in [0.1, 0.15) is 38.7 Å². The summed E-state index contributed by atoms with van der Waals surface area (Å²) in [7, 11) is 0. The van der Waals surface area contributed by atoms with Crippen molar-refractivity contribution in [2.24, 2.45) is 5.41 Å². The number of carbonyl (C=O) groups excluding carboxylic acids is 3. The summed E-state index contributed by atoms with van der Waals surface area (Å²) in [6, 6.07) is 9.35. The molecule has 0 saturated carbocycles. The third-order valence-corrected chi connectivity index (χ3v) is 4.49. The highest BCUT2D eigenvalue weighted by Crippen LogP contribution is 2.30. The maximum atomic E-state index is 12.6. The summed E-state index contributed by atoms with van der Waals surface area (Å²) in [6.07, 6.45) is 1.29. The Labute approximate surface area is 148 Å². The van der Waals surface area contributed by atoms with Crippen LogP contribution >= 0.6 is 0 Å². The van der Waals surface area contributed by atoms with Crippen LogP contribution in [0, 0.1) is 5.41 Å². The van der Waals surface area contributed by atoms with Crippen molar-refractivity contribution in [3.8, 4) is 0 Å². The number of Topliss-reactive ketones (excluding diaryl/α,β-unsaturated/α-hetero) is 1. The van der Waals surface area contributed by atoms with E-state index in [9.17, 15) is 14.4 Å². The number of ether oxygens (including phenoxy) is 2. The smallest absolute Gasteiger partial charge is 0.410 e. The van der Waals surface area contributed by atoms with Crippen LogP contribution in [-0.4, -0.2) is 42.4 Å². The van der Waals surface area contributed by atoms with E-state index in [0.29, 0.717) is 25.8 Å². The van der Waals surface area contributed by atoms with Gasteiger partial charge in [0.2, 0.25) is 0 Å². The third-order valence-electron chi connectivity index (χ3n) is 4.49. The van der Waals surface area contributed by atoms with E-state index < -0.39 is 17.5 Å². The molecule has 0 radical (unpaired) electrons. The van der Waals surface area contributed by atoms with Gasteiger partial charge in [0.25, 0.3) is 0 Å². The molecular formula is C19H25NO5. The lowest BCUT2D eigenvalue weighted by Crippen LogP contribution is -2.47. The van der Waals surface area contributed by atoms with Crippen LogP contribution in [0.15, 0.2) is 30.3 Å². The lowest BCUT2D eigenvalue weighted by atomic mass is 9.79. The van der Waals surface area contributed by atoms with Gasteiger partial charge in [0.1, 0.15) is 12.0 Å². The van der Waals surface area contributed by atoms with Crippen LogP contribution in [-0.2, 0) is 25.7 Å². The molecule has 1 atom stereocenters. The predicted octanol–water partition coefficient (Wildman–Crippen LogP) is 2.95. The van der Waals surface area contributed by atoms with Crippen molar-refractivity contribution in [1.29, 1.82) is 0 Å². The molecule has 0 bridgehead atoms. The molecule has 1 unspecified atom stereocenters. The first-order chi connectivity index (χ1) is 12.0. The summed E-state index contributed by atoms with van der Waals surface area (Å²) < 4.78 is 10.4. The lowest BCUT2D eigenvalue weighted by Gasteiger charge is -2.32. The Bertz CT molecular complexity index is 616. The molecule has 0 aromatic heterocycles. The molecule has 6 nitrogen and oxygen atoms in total. The standard InChI is InChI=1S/C19H25NO5/c1-3-24-17(22)19(2)11-7-8-12-20(13-16(19)21)18(23)25-14-15-9-5-4-6-10-15/h4-6,9-10H,3,7-8,11-14H2,1-2H3. The third kappa shape index (κ3) is 4.81. The van der Waals surface area contributed by atoms with Gasteiger partial charge in [-0.2, -0.15) is 0 Å². The molecule has 136 valence electrons. The van der Waals surface area contributed by atoms with Crippen molar-refractivity contribution >= 4 is 17.8 Å². The van der Waals surface area contributed by atoms with E-state index in [1.54, 1.807) is 13.8 Å². The summed E-state index contributed by atoms with van der Waals surface area (Å²) in [5, 5.41) is 0. The van der Waals surface area contributed by atoms with E-state index in [-0.39, 0.29) is 25.5 Å². The number of amides is 1. The van der Waals surface area contributed by atoms with Gasteiger partial charge in [0, 0.05) is 6.54 Å². The monoisotopic (exact) mass is 347 g/mol. The molecule has 1 aromatic rings. The maximum absolute atomic E-state index is 12.6. The van der Waals surface area contributed by atoms with E-state index in [4.69, 9.17) is 9.47 Å². The maximum Gasteiger partial charge on any atom is 0.410 e. The molecule has 0 aliphatic carbocycles. The highest BCUT2D eigenvalue weighted by Gasteiger charge is 2.43. The van der Waals surface area contributed by atoms with E-state index in [0.717, 1.165) is 5.56 Å². The number of hydrogen-bond acceptors (Lipinski definition) is 5. The second-order valence-electron chi connectivity index (χ2n) is 6.39. The van der Waals surface area contributed by atoms with Crippen LogP contribution in [0.4, 0.5) is 4.79 Å². The Morgan fingerprint density at radius 1 is 1.16 bits per heavy atom. The molecular weight excluding hydrogens is 322 g/mol. The zero-order valence-corrected chi connectivity index (χ0v) is 14.8. The van der Waals surface area contributed by atoms with Crippen LogP contribution in [0.2, 0.25) is 0 Å². The van der Waals surface area contributed by atoms with Gasteiger partial charge >= 0.3 is 12.1 Å². The average molecular weight is 347 g/mol. The van der Waals surface area contributed by atoms with Gasteiger partial charge in [-0.05, 0) is 32.3 Å². The van der Waals surface area contributed by atoms with Crippen LogP contribution in [0.5, 0.6) is 0 Å². The Morgan fingerprint density at radius 3 is 2.56 bits per heavy atom. The van der Waals surface area contributed by atoms with Crippen LogP contribution in [0.3, 0.4) is 0 Å². The second kappa shape index (κ2) is 8.65. The van der Waals surface area contributed by atoms with Gasteiger partial charge < -0.3 is 14.4 Å². The number of rotatable bonds is 4. The van der Waals surface area contributed by atoms with Gasteiger partial charge in [-0.15, -0.1) is 0 Å². The Balaban J connectivity index is 2.00. The first-order valence-corrected chi connectivity index (χ1v) is 8.63. The van der Waals surface area contributed by atoms with E-state index in [2.05, 4.69) is 0 Å². The molecule has 0 N–H and O–H groups in total. The molecule has 1 amide bonds. The van der Waals surface area contributed by atoms with Crippen molar-refractivity contribution in [2.75, 3.05) is 19.7 Å². The fourth-order valence-electron chi connectivity index (χ4n) is 2.82. The minimum atomic E-state index is -1.20. The zero-order chi connectivity index (χ0) is 18.3. The normalized spacial score (nSPS) is 21.2. The molecule has 1 fully saturated rings. The highest BCUT2D eigenvalue weighted by atomic mass is 16.6. The Kier molecular flexibility index (Phi) is 6.56. The highest BCUT2D eigenvalue weighted by molar-refractivity contribution is 6.05. The number of likely N-dealkylation sites (tertiary alicyclic amines) is 1. The predicted molar refractivity (Wildman–Crippen MR) is 91.8 cm³/mol. The van der Waals surface area contributed by atoms with Crippen molar-refractivity contribution in [2.45, 2.75) is 39.7 Å². The lowest BCUT2D eigenvalue weighted by molar-refractivity contribution is -0.160. The van der Waals surface area contributed by atoms with Gasteiger partial charge in [-0.3, -0.25) is 9.59 Å². The summed E-state index contributed by atoms with van der Waals surface area (Å²) >= 11 is 0. The number of hydrogen-bond donors (Lipinski definition) is 0. The molecule has 1 saturated heterocycles. The molecule has 6 heteroatoms. The molecule has 1 aliphatic heterocycles. The van der Waals surface area contributed by atoms with Gasteiger partial charge in [0.05, 0.1) is 13.2 Å². The van der Waals surface area contributed by atoms with E-state index in [1.165, 1.54) is 4.90 Å². The minimum Gasteiger partial charge on any atom is -0.465 e. The van der Waals surface area contributed by atoms with Crippen molar-refractivity contribution in [1.82, 2.24) is 4.90 Å². The SMILES string of the molecule is CCOC(=O)C1(C)CCCCN(C(=O)OCc2ccccc2)CC1=O. The van der Waals surface area contributed by atoms with Gasteiger partial charge in [0.15, 0.2) is 5.78 Å².